The van der Waals surface area contributed by atoms with Gasteiger partial charge in [-0.2, -0.15) is 0 Å². The molecule has 3 nitrogen and oxygen atoms in total. The van der Waals surface area contributed by atoms with Crippen LogP contribution in [0.1, 0.15) is 39.2 Å². The van der Waals surface area contributed by atoms with Crippen molar-refractivity contribution in [3.63, 3.8) is 0 Å². The predicted octanol–water partition coefficient (Wildman–Crippen LogP) is 2.89. The second-order valence-electron chi connectivity index (χ2n) is 4.86. The fraction of sp³-hybridized carbons (Fsp3) is 0.533. The van der Waals surface area contributed by atoms with Crippen LogP contribution in [0.15, 0.2) is 24.3 Å². The number of aliphatic hydroxyl groups excluding tert-OH is 1. The molecule has 1 unspecified atom stereocenters. The van der Waals surface area contributed by atoms with Crippen LogP contribution in [-0.2, 0) is 10.2 Å². The lowest BCUT2D eigenvalue weighted by atomic mass is 9.75. The fourth-order valence-corrected chi connectivity index (χ4v) is 2.41. The number of hydrogen-bond donors (Lipinski definition) is 2. The number of aliphatic hydroxyl groups is 1. The third kappa shape index (κ3) is 3.71. The van der Waals surface area contributed by atoms with E-state index in [0.29, 0.717) is 17.9 Å². The highest BCUT2D eigenvalue weighted by Gasteiger charge is 2.36. The lowest BCUT2D eigenvalue weighted by Crippen LogP contribution is -2.45. The van der Waals surface area contributed by atoms with Crippen molar-refractivity contribution < 1.29 is 9.90 Å². The van der Waals surface area contributed by atoms with Gasteiger partial charge in [-0.25, -0.2) is 0 Å². The third-order valence-electron chi connectivity index (χ3n) is 3.60. The van der Waals surface area contributed by atoms with Crippen molar-refractivity contribution in [2.75, 3.05) is 6.54 Å². The van der Waals surface area contributed by atoms with E-state index in [9.17, 15) is 9.90 Å². The lowest BCUT2D eigenvalue weighted by molar-refractivity contribution is -0.127. The quantitative estimate of drug-likeness (QED) is 0.843. The van der Waals surface area contributed by atoms with Crippen LogP contribution in [-0.4, -0.2) is 23.7 Å². The van der Waals surface area contributed by atoms with Gasteiger partial charge in [0.05, 0.1) is 11.5 Å². The minimum Gasteiger partial charge on any atom is -0.392 e. The topological polar surface area (TPSA) is 49.3 Å². The van der Waals surface area contributed by atoms with Crippen LogP contribution in [0.25, 0.3) is 0 Å². The van der Waals surface area contributed by atoms with Crippen LogP contribution < -0.4 is 5.32 Å². The van der Waals surface area contributed by atoms with E-state index in [4.69, 9.17) is 11.6 Å². The van der Waals surface area contributed by atoms with E-state index in [1.165, 1.54) is 0 Å². The SMILES string of the molecule is CCC(CC)(C(=O)NCC(C)O)c1ccc(Cl)cc1. The molecule has 0 aliphatic carbocycles. The van der Waals surface area contributed by atoms with Gasteiger partial charge < -0.3 is 10.4 Å². The summed E-state index contributed by atoms with van der Waals surface area (Å²) in [6.07, 6.45) is 0.869. The monoisotopic (exact) mass is 283 g/mol. The van der Waals surface area contributed by atoms with Crippen LogP contribution in [0.3, 0.4) is 0 Å². The van der Waals surface area contributed by atoms with Gasteiger partial charge in [-0.15, -0.1) is 0 Å². The number of amides is 1. The minimum atomic E-state index is -0.556. The average Bonchev–Trinajstić information content (AvgIpc) is 2.40. The number of rotatable bonds is 6. The number of carbonyl (C=O) groups excluding carboxylic acids is 1. The highest BCUT2D eigenvalue weighted by Crippen LogP contribution is 2.32. The van der Waals surface area contributed by atoms with E-state index in [1.807, 2.05) is 26.0 Å². The van der Waals surface area contributed by atoms with Gasteiger partial charge in [-0.3, -0.25) is 4.79 Å². The number of carbonyl (C=O) groups is 1. The molecular formula is C15H22ClNO2. The van der Waals surface area contributed by atoms with Gasteiger partial charge in [0.1, 0.15) is 0 Å². The Labute approximate surface area is 120 Å². The zero-order chi connectivity index (χ0) is 14.5. The van der Waals surface area contributed by atoms with Gasteiger partial charge in [-0.05, 0) is 37.5 Å². The zero-order valence-electron chi connectivity index (χ0n) is 11.7. The van der Waals surface area contributed by atoms with E-state index < -0.39 is 11.5 Å². The van der Waals surface area contributed by atoms with Crippen LogP contribution in [0.2, 0.25) is 5.02 Å². The van der Waals surface area contributed by atoms with E-state index >= 15 is 0 Å². The van der Waals surface area contributed by atoms with Crippen molar-refractivity contribution in [2.45, 2.75) is 45.1 Å². The van der Waals surface area contributed by atoms with Crippen molar-refractivity contribution in [2.24, 2.45) is 0 Å². The molecule has 2 N–H and O–H groups in total. The first-order chi connectivity index (χ1) is 8.96. The first-order valence-corrected chi connectivity index (χ1v) is 7.06. The number of nitrogens with one attached hydrogen (secondary N) is 1. The van der Waals surface area contributed by atoms with Crippen LogP contribution >= 0.6 is 11.6 Å². The van der Waals surface area contributed by atoms with Gasteiger partial charge in [0.2, 0.25) is 5.91 Å². The largest absolute Gasteiger partial charge is 0.392 e. The average molecular weight is 284 g/mol. The van der Waals surface area contributed by atoms with E-state index in [-0.39, 0.29) is 12.5 Å². The molecule has 0 saturated heterocycles. The Morgan fingerprint density at radius 2 is 1.84 bits per heavy atom. The summed E-state index contributed by atoms with van der Waals surface area (Å²) in [4.78, 5) is 12.5. The summed E-state index contributed by atoms with van der Waals surface area (Å²) in [5.74, 6) is -0.0410. The molecule has 0 spiro atoms. The molecule has 1 atom stereocenters. The van der Waals surface area contributed by atoms with Crippen molar-refractivity contribution in [3.8, 4) is 0 Å². The molecule has 0 aliphatic heterocycles. The molecule has 0 radical (unpaired) electrons. The maximum atomic E-state index is 12.5. The normalized spacial score (nSPS) is 13.1. The Morgan fingerprint density at radius 3 is 2.26 bits per heavy atom. The molecule has 4 heteroatoms. The first-order valence-electron chi connectivity index (χ1n) is 6.68. The number of halogens is 1. The molecule has 0 fully saturated rings. The smallest absolute Gasteiger partial charge is 0.230 e. The van der Waals surface area contributed by atoms with Gasteiger partial charge in [0.25, 0.3) is 0 Å². The molecule has 1 rings (SSSR count). The fourth-order valence-electron chi connectivity index (χ4n) is 2.29. The van der Waals surface area contributed by atoms with Crippen molar-refractivity contribution in [1.29, 1.82) is 0 Å². The number of hydrogen-bond acceptors (Lipinski definition) is 2. The molecule has 0 saturated carbocycles. The zero-order valence-corrected chi connectivity index (χ0v) is 12.5. The Bertz CT molecular complexity index is 411. The highest BCUT2D eigenvalue weighted by molar-refractivity contribution is 6.30. The summed E-state index contributed by atoms with van der Waals surface area (Å²) >= 11 is 5.90. The van der Waals surface area contributed by atoms with Crippen molar-refractivity contribution in [1.82, 2.24) is 5.32 Å². The summed E-state index contributed by atoms with van der Waals surface area (Å²) in [7, 11) is 0. The maximum Gasteiger partial charge on any atom is 0.230 e. The lowest BCUT2D eigenvalue weighted by Gasteiger charge is -2.31. The first kappa shape index (κ1) is 16.0. The molecule has 1 amide bonds. The Balaban J connectivity index is 3.02. The molecule has 0 aromatic heterocycles. The number of benzene rings is 1. The third-order valence-corrected chi connectivity index (χ3v) is 3.85. The molecule has 1 aromatic rings. The van der Waals surface area contributed by atoms with E-state index in [2.05, 4.69) is 5.32 Å². The van der Waals surface area contributed by atoms with Gasteiger partial charge in [0.15, 0.2) is 0 Å². The van der Waals surface area contributed by atoms with E-state index in [0.717, 1.165) is 5.56 Å². The summed E-state index contributed by atoms with van der Waals surface area (Å²) < 4.78 is 0. The Hall–Kier alpha value is -1.06. The molecule has 106 valence electrons. The minimum absolute atomic E-state index is 0.0410. The summed E-state index contributed by atoms with van der Waals surface area (Å²) in [5.41, 5.74) is 0.407. The van der Waals surface area contributed by atoms with Crippen molar-refractivity contribution in [3.05, 3.63) is 34.9 Å². The second-order valence-corrected chi connectivity index (χ2v) is 5.29. The molecule has 0 heterocycles. The van der Waals surface area contributed by atoms with Crippen LogP contribution in [0, 0.1) is 0 Å². The summed E-state index contributed by atoms with van der Waals surface area (Å²) in [6.45, 7) is 5.93. The molecule has 0 aliphatic rings. The molecule has 0 bridgehead atoms. The standard InChI is InChI=1S/C15H22ClNO2/c1-4-15(5-2,14(19)17-10-11(3)18)12-6-8-13(16)9-7-12/h6-9,11,18H,4-5,10H2,1-3H3,(H,17,19). The summed E-state index contributed by atoms with van der Waals surface area (Å²) in [6, 6.07) is 7.41. The van der Waals surface area contributed by atoms with E-state index in [1.54, 1.807) is 19.1 Å². The highest BCUT2D eigenvalue weighted by atomic mass is 35.5. The van der Waals surface area contributed by atoms with Crippen LogP contribution in [0.4, 0.5) is 0 Å². The maximum absolute atomic E-state index is 12.5. The Morgan fingerprint density at radius 1 is 1.32 bits per heavy atom. The predicted molar refractivity (Wildman–Crippen MR) is 78.4 cm³/mol. The second kappa shape index (κ2) is 6.92. The van der Waals surface area contributed by atoms with Crippen LogP contribution in [0.5, 0.6) is 0 Å². The molecule has 19 heavy (non-hydrogen) atoms. The van der Waals surface area contributed by atoms with Gasteiger partial charge in [-0.1, -0.05) is 37.6 Å². The molecule has 1 aromatic carbocycles. The van der Waals surface area contributed by atoms with Crippen molar-refractivity contribution >= 4 is 17.5 Å². The van der Waals surface area contributed by atoms with Gasteiger partial charge in [0, 0.05) is 11.6 Å². The molecular weight excluding hydrogens is 262 g/mol. The summed E-state index contributed by atoms with van der Waals surface area (Å²) in [5, 5.41) is 12.8. The van der Waals surface area contributed by atoms with Gasteiger partial charge >= 0.3 is 0 Å². The Kier molecular flexibility index (Phi) is 5.83.